The second-order valence-corrected chi connectivity index (χ2v) is 11.6. The minimum atomic E-state index is -1.52. The molecule has 11 heteroatoms. The summed E-state index contributed by atoms with van der Waals surface area (Å²) in [7, 11) is 0. The number of hydrogen-bond acceptors (Lipinski definition) is 6. The maximum atomic E-state index is 13.9. The maximum absolute atomic E-state index is 13.9. The third-order valence-corrected chi connectivity index (χ3v) is 7.87. The van der Waals surface area contributed by atoms with Crippen molar-refractivity contribution in [3.8, 4) is 0 Å². The number of benzene rings is 3. The van der Waals surface area contributed by atoms with Crippen LogP contribution in [0, 0.1) is 0 Å². The van der Waals surface area contributed by atoms with E-state index in [9.17, 15) is 24.3 Å². The van der Waals surface area contributed by atoms with Crippen LogP contribution in [0.3, 0.4) is 0 Å². The number of fused-ring (bicyclic) bond motifs is 1. The number of nitrogens with one attached hydrogen (secondary N) is 5. The van der Waals surface area contributed by atoms with Gasteiger partial charge in [-0.2, -0.15) is 0 Å². The van der Waals surface area contributed by atoms with Crippen LogP contribution in [0.15, 0.2) is 91.1 Å². The van der Waals surface area contributed by atoms with Gasteiger partial charge in [0, 0.05) is 29.6 Å². The minimum absolute atomic E-state index is 0.0255. The third-order valence-electron chi connectivity index (χ3n) is 7.87. The Bertz CT molecular complexity index is 1640. The second-order valence-electron chi connectivity index (χ2n) is 11.6. The predicted octanol–water partition coefficient (Wildman–Crippen LogP) is 2.88. The number of carbonyl (C=O) groups excluding carboxylic acids is 4. The van der Waals surface area contributed by atoms with E-state index in [1.54, 1.807) is 6.20 Å². The Kier molecular flexibility index (Phi) is 10.7. The summed E-state index contributed by atoms with van der Waals surface area (Å²) in [5.74, 6) is -1.76. The monoisotopic (exact) mass is 625 g/mol. The molecule has 4 atom stereocenters. The quantitative estimate of drug-likeness (QED) is 0.126. The van der Waals surface area contributed by atoms with Gasteiger partial charge < -0.3 is 36.1 Å². The van der Waals surface area contributed by atoms with Gasteiger partial charge in [-0.1, -0.05) is 78.9 Å². The van der Waals surface area contributed by atoms with Crippen molar-refractivity contribution in [2.75, 3.05) is 0 Å². The van der Waals surface area contributed by atoms with Crippen LogP contribution in [0.25, 0.3) is 10.9 Å². The van der Waals surface area contributed by atoms with Crippen molar-refractivity contribution in [3.63, 3.8) is 0 Å². The number of alkyl carbamates (subject to hydrolysis) is 1. The molecule has 1 fully saturated rings. The summed E-state index contributed by atoms with van der Waals surface area (Å²) in [4.78, 5) is 55.7. The standard InChI is InChI=1S/C35H39N5O6/c1-22(37-35(45)46-21-24-12-6-3-7-13-24)32(42)40-30(19-25-20-36-28-15-9-8-14-27(25)28)33(43)39-29(18-23-10-4-2-5-11-23)31(41)34(44)38-26-16-17-26/h2-15,20,22,26,29-31,36,41H,16-19,21H2,1H3,(H,37,45)(H,38,44)(H,39,43)(H,40,42). The molecule has 6 N–H and O–H groups in total. The normalized spacial score (nSPS) is 15.2. The lowest BCUT2D eigenvalue weighted by atomic mass is 9.98. The van der Waals surface area contributed by atoms with Gasteiger partial charge in [0.25, 0.3) is 5.91 Å². The van der Waals surface area contributed by atoms with E-state index in [0.717, 1.165) is 40.4 Å². The second kappa shape index (κ2) is 15.2. The molecule has 1 saturated carbocycles. The fraction of sp³-hybridized carbons (Fsp3) is 0.314. The van der Waals surface area contributed by atoms with Crippen molar-refractivity contribution < 1.29 is 29.0 Å². The first-order valence-electron chi connectivity index (χ1n) is 15.4. The van der Waals surface area contributed by atoms with Crippen LogP contribution in [0.4, 0.5) is 4.79 Å². The first kappa shape index (κ1) is 32.2. The summed E-state index contributed by atoms with van der Waals surface area (Å²) in [5, 5.41) is 22.9. The average Bonchev–Trinajstić information content (AvgIpc) is 3.80. The largest absolute Gasteiger partial charge is 0.445 e. The van der Waals surface area contributed by atoms with E-state index in [1.165, 1.54) is 6.92 Å². The molecule has 1 aromatic heterocycles. The molecule has 0 spiro atoms. The summed E-state index contributed by atoms with van der Waals surface area (Å²) < 4.78 is 5.25. The van der Waals surface area contributed by atoms with Crippen LogP contribution in [0.2, 0.25) is 0 Å². The SMILES string of the molecule is CC(NC(=O)OCc1ccccc1)C(=O)NC(Cc1c[nH]c2ccccc12)C(=O)NC(Cc1ccccc1)C(O)C(=O)NC1CC1. The van der Waals surface area contributed by atoms with E-state index in [0.29, 0.717) is 0 Å². The number of ether oxygens (including phenoxy) is 1. The van der Waals surface area contributed by atoms with Crippen molar-refractivity contribution in [2.24, 2.45) is 0 Å². The molecule has 240 valence electrons. The number of aliphatic hydroxyl groups excluding tert-OH is 1. The fourth-order valence-electron chi connectivity index (χ4n) is 5.12. The lowest BCUT2D eigenvalue weighted by Crippen LogP contribution is -2.58. The lowest BCUT2D eigenvalue weighted by Gasteiger charge is -2.27. The fourth-order valence-corrected chi connectivity index (χ4v) is 5.12. The first-order chi connectivity index (χ1) is 22.3. The van der Waals surface area contributed by atoms with Gasteiger partial charge in [-0.05, 0) is 48.9 Å². The van der Waals surface area contributed by atoms with Gasteiger partial charge in [0.15, 0.2) is 6.10 Å². The summed E-state index contributed by atoms with van der Waals surface area (Å²) in [6.45, 7) is 1.52. The Morgan fingerprint density at radius 1 is 0.804 bits per heavy atom. The number of para-hydroxylation sites is 1. The number of rotatable bonds is 14. The van der Waals surface area contributed by atoms with E-state index < -0.39 is 48.0 Å². The smallest absolute Gasteiger partial charge is 0.408 e. The van der Waals surface area contributed by atoms with Gasteiger partial charge in [-0.3, -0.25) is 14.4 Å². The van der Waals surface area contributed by atoms with Crippen molar-refractivity contribution in [1.29, 1.82) is 0 Å². The van der Waals surface area contributed by atoms with Gasteiger partial charge >= 0.3 is 6.09 Å². The lowest BCUT2D eigenvalue weighted by molar-refractivity contribution is -0.134. The van der Waals surface area contributed by atoms with Crippen molar-refractivity contribution in [1.82, 2.24) is 26.3 Å². The maximum Gasteiger partial charge on any atom is 0.408 e. The summed E-state index contributed by atoms with van der Waals surface area (Å²) >= 11 is 0. The molecule has 0 radical (unpaired) electrons. The zero-order chi connectivity index (χ0) is 32.5. The van der Waals surface area contributed by atoms with Crippen molar-refractivity contribution in [2.45, 2.75) is 69.5 Å². The Balaban J connectivity index is 1.31. The molecule has 4 amide bonds. The predicted molar refractivity (Wildman–Crippen MR) is 172 cm³/mol. The van der Waals surface area contributed by atoms with Crippen molar-refractivity contribution in [3.05, 3.63) is 108 Å². The van der Waals surface area contributed by atoms with Gasteiger partial charge in [0.05, 0.1) is 6.04 Å². The summed E-state index contributed by atoms with van der Waals surface area (Å²) in [5.41, 5.74) is 3.26. The molecule has 5 rings (SSSR count). The molecule has 3 aromatic carbocycles. The number of hydrogen-bond donors (Lipinski definition) is 6. The number of H-pyrrole nitrogens is 1. The topological polar surface area (TPSA) is 162 Å². The summed E-state index contributed by atoms with van der Waals surface area (Å²) in [6, 6.07) is 22.9. The van der Waals surface area contributed by atoms with E-state index in [4.69, 9.17) is 4.74 Å². The molecule has 4 aromatic rings. The molecule has 1 aliphatic rings. The first-order valence-corrected chi connectivity index (χ1v) is 15.4. The third kappa shape index (κ3) is 8.95. The van der Waals surface area contributed by atoms with Crippen LogP contribution in [-0.4, -0.2) is 64.2 Å². The van der Waals surface area contributed by atoms with Crippen LogP contribution >= 0.6 is 0 Å². The zero-order valence-corrected chi connectivity index (χ0v) is 25.6. The highest BCUT2D eigenvalue weighted by atomic mass is 16.5. The summed E-state index contributed by atoms with van der Waals surface area (Å²) in [6.07, 6.45) is 1.46. The Morgan fingerprint density at radius 2 is 1.46 bits per heavy atom. The van der Waals surface area contributed by atoms with Gasteiger partial charge in [-0.15, -0.1) is 0 Å². The Morgan fingerprint density at radius 3 is 2.15 bits per heavy atom. The number of aromatic amines is 1. The Hall–Kier alpha value is -5.16. The minimum Gasteiger partial charge on any atom is -0.445 e. The molecule has 11 nitrogen and oxygen atoms in total. The van der Waals surface area contributed by atoms with Gasteiger partial charge in [-0.25, -0.2) is 4.79 Å². The van der Waals surface area contributed by atoms with E-state index in [2.05, 4.69) is 26.3 Å². The molecule has 0 aliphatic heterocycles. The highest BCUT2D eigenvalue weighted by Gasteiger charge is 2.34. The van der Waals surface area contributed by atoms with E-state index >= 15 is 0 Å². The van der Waals surface area contributed by atoms with Crippen LogP contribution < -0.4 is 21.3 Å². The van der Waals surface area contributed by atoms with Gasteiger partial charge in [0.1, 0.15) is 18.7 Å². The van der Waals surface area contributed by atoms with E-state index in [-0.39, 0.29) is 25.5 Å². The Labute approximate surface area is 267 Å². The average molecular weight is 626 g/mol. The van der Waals surface area contributed by atoms with Crippen LogP contribution in [0.5, 0.6) is 0 Å². The number of amides is 4. The molecular formula is C35H39N5O6. The van der Waals surface area contributed by atoms with Gasteiger partial charge in [0.2, 0.25) is 11.8 Å². The zero-order valence-electron chi connectivity index (χ0n) is 25.6. The number of aromatic nitrogens is 1. The molecular weight excluding hydrogens is 586 g/mol. The highest BCUT2D eigenvalue weighted by molar-refractivity contribution is 5.93. The van der Waals surface area contributed by atoms with E-state index in [1.807, 2.05) is 84.9 Å². The molecule has 1 aliphatic carbocycles. The molecule has 4 unspecified atom stereocenters. The van der Waals surface area contributed by atoms with Crippen LogP contribution in [0.1, 0.15) is 36.5 Å². The number of carbonyl (C=O) groups is 4. The van der Waals surface area contributed by atoms with Crippen LogP contribution in [-0.2, 0) is 38.6 Å². The molecule has 0 saturated heterocycles. The highest BCUT2D eigenvalue weighted by Crippen LogP contribution is 2.21. The number of aliphatic hydroxyl groups is 1. The molecule has 0 bridgehead atoms. The van der Waals surface area contributed by atoms with Crippen molar-refractivity contribution >= 4 is 34.7 Å². The molecule has 46 heavy (non-hydrogen) atoms. The molecule has 1 heterocycles.